The van der Waals surface area contributed by atoms with E-state index in [1.54, 1.807) is 0 Å². The van der Waals surface area contributed by atoms with Gasteiger partial charge < -0.3 is 124 Å². The summed E-state index contributed by atoms with van der Waals surface area (Å²) in [5.74, 6) is 0. The summed E-state index contributed by atoms with van der Waals surface area (Å²) in [5, 5.41) is 151. The molecule has 0 saturated carbocycles. The molecular formula is C36H62O25. The van der Waals surface area contributed by atoms with Crippen LogP contribution in [0.25, 0.3) is 0 Å². The second-order valence-electron chi connectivity index (χ2n) is 16.7. The summed E-state index contributed by atoms with van der Waals surface area (Å²) in [4.78, 5) is 0. The fourth-order valence-electron chi connectivity index (χ4n) is 8.12. The van der Waals surface area contributed by atoms with Crippen molar-refractivity contribution >= 4 is 0 Å². The van der Waals surface area contributed by atoms with E-state index in [0.717, 1.165) is 0 Å². The predicted molar refractivity (Wildman–Crippen MR) is 191 cm³/mol. The van der Waals surface area contributed by atoms with Gasteiger partial charge in [0, 0.05) is 0 Å². The third-order valence-corrected chi connectivity index (χ3v) is 12.2. The zero-order valence-electron chi connectivity index (χ0n) is 34.1. The van der Waals surface area contributed by atoms with Gasteiger partial charge in [0.25, 0.3) is 0 Å². The topological polar surface area (TPSA) is 385 Å². The molecule has 25 nitrogen and oxygen atoms in total. The second-order valence-corrected chi connectivity index (χ2v) is 16.7. The van der Waals surface area contributed by atoms with Gasteiger partial charge in [0.15, 0.2) is 37.7 Å². The molecule has 0 aromatic rings. The van der Waals surface area contributed by atoms with Crippen molar-refractivity contribution in [2.45, 2.75) is 226 Å². The van der Waals surface area contributed by atoms with Crippen molar-refractivity contribution in [1.29, 1.82) is 0 Å². The molecule has 61 heavy (non-hydrogen) atoms. The molecule has 6 aliphatic rings. The van der Waals surface area contributed by atoms with Crippen molar-refractivity contribution in [3.8, 4) is 0 Å². The van der Waals surface area contributed by atoms with Gasteiger partial charge in [-0.05, 0) is 41.5 Å². The van der Waals surface area contributed by atoms with E-state index in [1.165, 1.54) is 41.5 Å². The first kappa shape index (κ1) is 49.4. The van der Waals surface area contributed by atoms with Crippen LogP contribution in [-0.4, -0.2) is 256 Å². The van der Waals surface area contributed by atoms with Crippen molar-refractivity contribution in [3.05, 3.63) is 0 Å². The van der Waals surface area contributed by atoms with Crippen molar-refractivity contribution in [1.82, 2.24) is 0 Å². The molecule has 0 bridgehead atoms. The molecule has 0 aromatic heterocycles. The Morgan fingerprint density at radius 3 is 0.902 bits per heavy atom. The SMILES string of the molecule is C[C@@H]1O[C@@H](O[C@H]2[C@H](O[C@@H]3[C@@H](O)[C@H](C)O[C@@H](O[C@@H]4[C@@H](O)[C@H](C)O[C@@H](O[C@H]5[C@H](O[C@@H]6[C@H](O)[C@@H](O)[C@H](C)O[C@H]6O)O[C@@H](C)[C@H](O)[C@H]5O)[C@@H]4O)[C@@H]3O)O[C@@H](C)[C@H](O)[C@H]2O)[C@H](O)[C@H](O)[C@H]1O. The van der Waals surface area contributed by atoms with Gasteiger partial charge >= 0.3 is 0 Å². The molecule has 0 aliphatic carbocycles. The van der Waals surface area contributed by atoms with Gasteiger partial charge in [0.05, 0.1) is 36.6 Å². The Bertz CT molecular complexity index is 1400. The van der Waals surface area contributed by atoms with E-state index >= 15 is 0 Å². The molecular weight excluding hydrogens is 832 g/mol. The lowest BCUT2D eigenvalue weighted by atomic mass is 9.96. The first-order valence-corrected chi connectivity index (χ1v) is 20.3. The smallest absolute Gasteiger partial charge is 0.187 e. The summed E-state index contributed by atoms with van der Waals surface area (Å²) in [7, 11) is 0. The molecule has 0 spiro atoms. The van der Waals surface area contributed by atoms with Gasteiger partial charge in [-0.2, -0.15) is 0 Å². The minimum absolute atomic E-state index is 0.990. The van der Waals surface area contributed by atoms with Gasteiger partial charge in [-0.1, -0.05) is 0 Å². The molecule has 6 rings (SSSR count). The number of ether oxygens (including phenoxy) is 11. The molecule has 0 amide bonds. The summed E-state index contributed by atoms with van der Waals surface area (Å²) in [6.45, 7) is 8.28. The van der Waals surface area contributed by atoms with Crippen molar-refractivity contribution in [2.75, 3.05) is 0 Å². The number of aliphatic hydroxyl groups is 14. The van der Waals surface area contributed by atoms with Crippen LogP contribution in [0.1, 0.15) is 41.5 Å². The molecule has 0 unspecified atom stereocenters. The van der Waals surface area contributed by atoms with Crippen LogP contribution in [0.3, 0.4) is 0 Å². The highest BCUT2D eigenvalue weighted by atomic mass is 16.8. The number of hydrogen-bond acceptors (Lipinski definition) is 25. The molecule has 0 aromatic carbocycles. The van der Waals surface area contributed by atoms with Crippen LogP contribution in [0.4, 0.5) is 0 Å². The highest BCUT2D eigenvalue weighted by Crippen LogP contribution is 2.37. The zero-order valence-corrected chi connectivity index (χ0v) is 34.1. The molecule has 14 N–H and O–H groups in total. The molecule has 356 valence electrons. The van der Waals surface area contributed by atoms with Gasteiger partial charge in [-0.15, -0.1) is 0 Å². The number of hydrogen-bond donors (Lipinski definition) is 14. The van der Waals surface area contributed by atoms with E-state index in [4.69, 9.17) is 52.1 Å². The first-order chi connectivity index (χ1) is 28.5. The van der Waals surface area contributed by atoms with E-state index in [1.807, 2.05) is 0 Å². The largest absolute Gasteiger partial charge is 0.388 e. The van der Waals surface area contributed by atoms with E-state index < -0.39 is 184 Å². The fourth-order valence-corrected chi connectivity index (χ4v) is 8.12. The maximum atomic E-state index is 11.6. The molecule has 25 heteroatoms. The Morgan fingerprint density at radius 2 is 0.492 bits per heavy atom. The fraction of sp³-hybridized carbons (Fsp3) is 1.00. The Labute approximate surface area is 349 Å². The summed E-state index contributed by atoms with van der Waals surface area (Å²) in [6.07, 6.45) is -48.2. The van der Waals surface area contributed by atoms with E-state index in [0.29, 0.717) is 0 Å². The summed E-state index contributed by atoms with van der Waals surface area (Å²) >= 11 is 0. The van der Waals surface area contributed by atoms with E-state index in [2.05, 4.69) is 0 Å². The standard InChI is InChI=1S/C36H62O25/c1-7-14(38)20(44)28(31(50)51-7)59-36-30(22(46)16(40)10(4)56-36)61-34-24(48)26(17(41)11(5)54-34)57-33-25(49)27(18(42)12(6)53-33)58-35-29(21(45)15(39)9(3)55-35)60-32-23(47)19(43)13(37)8(2)52-32/h7-50H,1-6H3/t7-,8-,9-,10-,11-,12-,13-,14-,15-,16-,17-,18-,19+,20+,21+,22+,23+,24+,25+,26+,27+,28+,29+,30+,31+,32-,33-,34-,35-,36-/m0/s1. The Hall–Kier alpha value is -1.00. The summed E-state index contributed by atoms with van der Waals surface area (Å²) in [5.41, 5.74) is 0. The second kappa shape index (κ2) is 19.8. The van der Waals surface area contributed by atoms with E-state index in [-0.39, 0.29) is 0 Å². The zero-order chi connectivity index (χ0) is 45.1. The molecule has 0 radical (unpaired) electrons. The summed E-state index contributed by atoms with van der Waals surface area (Å²) in [6, 6.07) is 0. The molecule has 6 aliphatic heterocycles. The van der Waals surface area contributed by atoms with Gasteiger partial charge in [0.2, 0.25) is 0 Å². The van der Waals surface area contributed by atoms with Gasteiger partial charge in [0.1, 0.15) is 110 Å². The van der Waals surface area contributed by atoms with Crippen molar-refractivity contribution in [2.24, 2.45) is 0 Å². The molecule has 6 saturated heterocycles. The summed E-state index contributed by atoms with van der Waals surface area (Å²) < 4.78 is 62.9. The van der Waals surface area contributed by atoms with Crippen LogP contribution in [0.5, 0.6) is 0 Å². The van der Waals surface area contributed by atoms with Crippen LogP contribution >= 0.6 is 0 Å². The maximum Gasteiger partial charge on any atom is 0.187 e. The molecule has 6 heterocycles. The Kier molecular flexibility index (Phi) is 16.1. The number of aliphatic hydroxyl groups excluding tert-OH is 14. The first-order valence-electron chi connectivity index (χ1n) is 20.3. The number of rotatable bonds is 10. The van der Waals surface area contributed by atoms with Crippen molar-refractivity contribution < 1.29 is 124 Å². The lowest BCUT2D eigenvalue weighted by Crippen LogP contribution is -2.67. The average Bonchev–Trinajstić information content (AvgIpc) is 3.21. The lowest BCUT2D eigenvalue weighted by molar-refractivity contribution is -0.401. The van der Waals surface area contributed by atoms with Crippen LogP contribution in [0.2, 0.25) is 0 Å². The minimum Gasteiger partial charge on any atom is -0.388 e. The van der Waals surface area contributed by atoms with Crippen LogP contribution in [0, 0.1) is 0 Å². The quantitative estimate of drug-likeness (QED) is 0.0968. The third kappa shape index (κ3) is 9.92. The van der Waals surface area contributed by atoms with Gasteiger partial charge in [-0.25, -0.2) is 0 Å². The molecule has 30 atom stereocenters. The predicted octanol–water partition coefficient (Wildman–Crippen LogP) is -7.93. The van der Waals surface area contributed by atoms with E-state index in [9.17, 15) is 71.5 Å². The van der Waals surface area contributed by atoms with Crippen LogP contribution < -0.4 is 0 Å². The van der Waals surface area contributed by atoms with Crippen LogP contribution in [-0.2, 0) is 52.1 Å². The maximum absolute atomic E-state index is 11.6. The Morgan fingerprint density at radius 1 is 0.230 bits per heavy atom. The monoisotopic (exact) mass is 894 g/mol. The average molecular weight is 895 g/mol. The Balaban J connectivity index is 1.18. The van der Waals surface area contributed by atoms with Gasteiger partial charge in [-0.3, -0.25) is 0 Å². The third-order valence-electron chi connectivity index (χ3n) is 12.2. The van der Waals surface area contributed by atoms with Crippen LogP contribution in [0.15, 0.2) is 0 Å². The highest BCUT2D eigenvalue weighted by molar-refractivity contribution is 4.98. The minimum atomic E-state index is -1.99. The normalized spacial score (nSPS) is 57.4. The van der Waals surface area contributed by atoms with Crippen molar-refractivity contribution in [3.63, 3.8) is 0 Å². The lowest BCUT2D eigenvalue weighted by Gasteiger charge is -2.50. The molecule has 6 fully saturated rings. The highest BCUT2D eigenvalue weighted by Gasteiger charge is 2.56.